The minimum Gasteiger partial charge on any atom is -0.384 e. The normalized spacial score (nSPS) is 19.9. The fraction of sp³-hybridized carbons (Fsp3) is 0.700. The molecule has 1 atom stereocenters. The van der Waals surface area contributed by atoms with Gasteiger partial charge < -0.3 is 20.7 Å². The largest absolute Gasteiger partial charge is 0.384 e. The van der Waals surface area contributed by atoms with Crippen LogP contribution < -0.4 is 11.1 Å². The van der Waals surface area contributed by atoms with Crippen molar-refractivity contribution in [2.24, 2.45) is 5.73 Å². The van der Waals surface area contributed by atoms with E-state index >= 15 is 0 Å². The quantitative estimate of drug-likeness (QED) is 0.608. The Kier molecular flexibility index (Phi) is 4.58. The lowest BCUT2D eigenvalue weighted by atomic mass is 10.2. The predicted molar refractivity (Wildman–Crippen MR) is 58.2 cm³/mol. The Hall–Kier alpha value is -1.07. The van der Waals surface area contributed by atoms with Crippen LogP contribution in [0.3, 0.4) is 0 Å². The van der Waals surface area contributed by atoms with Crippen LogP contribution in [0.25, 0.3) is 0 Å². The van der Waals surface area contributed by atoms with Crippen LogP contribution in [0, 0.1) is 0 Å². The third-order valence-corrected chi connectivity index (χ3v) is 2.23. The van der Waals surface area contributed by atoms with Gasteiger partial charge in [0, 0.05) is 26.2 Å². The van der Waals surface area contributed by atoms with Crippen LogP contribution in [0.5, 0.6) is 0 Å². The highest BCUT2D eigenvalue weighted by Gasteiger charge is 2.19. The smallest absolute Gasteiger partial charge is 0.269 e. The van der Waals surface area contributed by atoms with Crippen molar-refractivity contribution in [2.75, 3.05) is 33.4 Å². The minimum atomic E-state index is -0.127. The zero-order valence-corrected chi connectivity index (χ0v) is 9.32. The summed E-state index contributed by atoms with van der Waals surface area (Å²) < 4.78 is 5.19. The monoisotopic (exact) mass is 213 g/mol. The van der Waals surface area contributed by atoms with E-state index in [2.05, 4.69) is 5.32 Å². The number of hydrogen-bond donors (Lipinski definition) is 2. The van der Waals surface area contributed by atoms with Gasteiger partial charge in [-0.05, 0) is 13.0 Å². The molecule has 15 heavy (non-hydrogen) atoms. The fourth-order valence-electron chi connectivity index (χ4n) is 1.46. The van der Waals surface area contributed by atoms with E-state index in [1.807, 2.05) is 6.92 Å². The van der Waals surface area contributed by atoms with E-state index in [1.54, 1.807) is 18.0 Å². The van der Waals surface area contributed by atoms with Crippen LogP contribution in [0.15, 0.2) is 11.8 Å². The number of ether oxygens (including phenoxy) is 1. The molecular formula is C10H19N3O2. The molecule has 0 aromatic carbocycles. The highest BCUT2D eigenvalue weighted by Crippen LogP contribution is 2.03. The summed E-state index contributed by atoms with van der Waals surface area (Å²) in [5.41, 5.74) is 6.19. The molecule has 0 bridgehead atoms. The summed E-state index contributed by atoms with van der Waals surface area (Å²) in [6.07, 6.45) is 1.73. The lowest BCUT2D eigenvalue weighted by Crippen LogP contribution is -2.43. The van der Waals surface area contributed by atoms with Crippen LogP contribution in [0.2, 0.25) is 0 Å². The van der Waals surface area contributed by atoms with Gasteiger partial charge in [-0.2, -0.15) is 0 Å². The second-order valence-corrected chi connectivity index (χ2v) is 3.59. The molecule has 3 N–H and O–H groups in total. The first-order chi connectivity index (χ1) is 7.15. The highest BCUT2D eigenvalue weighted by atomic mass is 16.5. The molecule has 86 valence electrons. The molecule has 1 amide bonds. The van der Waals surface area contributed by atoms with Crippen molar-refractivity contribution >= 4 is 5.91 Å². The molecule has 0 spiro atoms. The van der Waals surface area contributed by atoms with Crippen molar-refractivity contribution < 1.29 is 9.53 Å². The van der Waals surface area contributed by atoms with Gasteiger partial charge in [0.05, 0.1) is 18.9 Å². The van der Waals surface area contributed by atoms with Crippen molar-refractivity contribution in [2.45, 2.75) is 13.0 Å². The van der Waals surface area contributed by atoms with Crippen LogP contribution in [0.1, 0.15) is 6.92 Å². The van der Waals surface area contributed by atoms with Crippen molar-refractivity contribution in [3.63, 3.8) is 0 Å². The SMILES string of the molecule is CN/C(=C\C(C)N)C(=O)N1CCOCC1. The van der Waals surface area contributed by atoms with Gasteiger partial charge in [-0.15, -0.1) is 0 Å². The second kappa shape index (κ2) is 5.72. The number of carbonyl (C=O) groups is 1. The molecule has 5 nitrogen and oxygen atoms in total. The Morgan fingerprint density at radius 3 is 2.60 bits per heavy atom. The van der Waals surface area contributed by atoms with E-state index in [0.717, 1.165) is 0 Å². The van der Waals surface area contributed by atoms with Gasteiger partial charge in [0.1, 0.15) is 0 Å². The number of likely N-dealkylation sites (N-methyl/N-ethyl adjacent to an activating group) is 1. The highest BCUT2D eigenvalue weighted by molar-refractivity contribution is 5.92. The van der Waals surface area contributed by atoms with Gasteiger partial charge in [-0.3, -0.25) is 4.79 Å². The Labute approximate surface area is 90.3 Å². The third-order valence-electron chi connectivity index (χ3n) is 2.23. The van der Waals surface area contributed by atoms with E-state index in [9.17, 15) is 4.79 Å². The minimum absolute atomic E-state index is 0.00176. The molecule has 0 saturated carbocycles. The molecule has 1 aliphatic heterocycles. The van der Waals surface area contributed by atoms with E-state index < -0.39 is 0 Å². The Balaban J connectivity index is 2.63. The number of rotatable bonds is 3. The number of hydrogen-bond acceptors (Lipinski definition) is 4. The van der Waals surface area contributed by atoms with Crippen molar-refractivity contribution in [1.82, 2.24) is 10.2 Å². The summed E-state index contributed by atoms with van der Waals surface area (Å²) >= 11 is 0. The van der Waals surface area contributed by atoms with Gasteiger partial charge in [-0.1, -0.05) is 0 Å². The molecular weight excluding hydrogens is 194 g/mol. The van der Waals surface area contributed by atoms with Gasteiger partial charge in [0.2, 0.25) is 0 Å². The summed E-state index contributed by atoms with van der Waals surface area (Å²) in [5.74, 6) is -0.00176. The van der Waals surface area contributed by atoms with E-state index in [4.69, 9.17) is 10.5 Å². The van der Waals surface area contributed by atoms with E-state index in [1.165, 1.54) is 0 Å². The number of nitrogens with two attached hydrogens (primary N) is 1. The van der Waals surface area contributed by atoms with Crippen molar-refractivity contribution in [3.05, 3.63) is 11.8 Å². The number of nitrogens with zero attached hydrogens (tertiary/aromatic N) is 1. The number of nitrogens with one attached hydrogen (secondary N) is 1. The molecule has 1 unspecified atom stereocenters. The molecule has 1 saturated heterocycles. The van der Waals surface area contributed by atoms with E-state index in [0.29, 0.717) is 32.0 Å². The van der Waals surface area contributed by atoms with Crippen molar-refractivity contribution in [3.8, 4) is 0 Å². The number of carbonyl (C=O) groups excluding carboxylic acids is 1. The summed E-state index contributed by atoms with van der Waals surface area (Å²) in [6.45, 7) is 4.36. The summed E-state index contributed by atoms with van der Waals surface area (Å²) in [5, 5.41) is 2.88. The van der Waals surface area contributed by atoms with Crippen LogP contribution in [0.4, 0.5) is 0 Å². The molecule has 1 rings (SSSR count). The maximum atomic E-state index is 11.9. The molecule has 1 aliphatic rings. The maximum absolute atomic E-state index is 11.9. The van der Waals surface area contributed by atoms with Gasteiger partial charge in [-0.25, -0.2) is 0 Å². The topological polar surface area (TPSA) is 67.6 Å². The molecule has 5 heteroatoms. The average molecular weight is 213 g/mol. The summed E-state index contributed by atoms with van der Waals surface area (Å²) in [4.78, 5) is 13.7. The van der Waals surface area contributed by atoms with Crippen molar-refractivity contribution in [1.29, 1.82) is 0 Å². The summed E-state index contributed by atoms with van der Waals surface area (Å²) in [6, 6.07) is -0.127. The van der Waals surface area contributed by atoms with Crippen LogP contribution >= 0.6 is 0 Å². The molecule has 1 fully saturated rings. The van der Waals surface area contributed by atoms with Crippen LogP contribution in [-0.2, 0) is 9.53 Å². The second-order valence-electron chi connectivity index (χ2n) is 3.59. The Morgan fingerprint density at radius 2 is 2.13 bits per heavy atom. The first kappa shape index (κ1) is 12.0. The maximum Gasteiger partial charge on any atom is 0.269 e. The average Bonchev–Trinajstić information content (AvgIpc) is 2.26. The van der Waals surface area contributed by atoms with Crippen LogP contribution in [-0.4, -0.2) is 50.2 Å². The predicted octanol–water partition coefficient (Wildman–Crippen LogP) is -0.704. The number of amides is 1. The molecule has 0 radical (unpaired) electrons. The molecule has 0 aliphatic carbocycles. The fourth-order valence-corrected chi connectivity index (χ4v) is 1.46. The Bertz CT molecular complexity index is 245. The van der Waals surface area contributed by atoms with Gasteiger partial charge in [0.25, 0.3) is 5.91 Å². The first-order valence-corrected chi connectivity index (χ1v) is 5.17. The van der Waals surface area contributed by atoms with Gasteiger partial charge in [0.15, 0.2) is 0 Å². The zero-order chi connectivity index (χ0) is 11.3. The lowest BCUT2D eigenvalue weighted by Gasteiger charge is -2.27. The first-order valence-electron chi connectivity index (χ1n) is 5.17. The lowest BCUT2D eigenvalue weighted by molar-refractivity contribution is -0.131. The summed E-state index contributed by atoms with van der Waals surface area (Å²) in [7, 11) is 1.73. The Morgan fingerprint density at radius 1 is 1.53 bits per heavy atom. The molecule has 0 aromatic rings. The standard InChI is InChI=1S/C10H19N3O2/c1-8(11)7-9(12-2)10(14)13-3-5-15-6-4-13/h7-8,12H,3-6,11H2,1-2H3/b9-7-. The zero-order valence-electron chi connectivity index (χ0n) is 9.32. The van der Waals surface area contributed by atoms with E-state index in [-0.39, 0.29) is 11.9 Å². The van der Waals surface area contributed by atoms with Gasteiger partial charge >= 0.3 is 0 Å². The third kappa shape index (κ3) is 3.53. The molecule has 0 aromatic heterocycles. The molecule has 1 heterocycles. The number of morpholine rings is 1.